The van der Waals surface area contributed by atoms with Crippen molar-refractivity contribution in [2.45, 2.75) is 12.8 Å². The first-order valence-corrected chi connectivity index (χ1v) is 7.73. The van der Waals surface area contributed by atoms with Crippen LogP contribution in [0.5, 0.6) is 0 Å². The second-order valence-electron chi connectivity index (χ2n) is 4.77. The van der Waals surface area contributed by atoms with Crippen molar-refractivity contribution >= 4 is 16.1 Å². The molecule has 0 aromatic carbocycles. The van der Waals surface area contributed by atoms with Gasteiger partial charge in [-0.05, 0) is 12.8 Å². The first-order valence-electron chi connectivity index (χ1n) is 6.34. The molecular weight excluding hydrogens is 270 g/mol. The van der Waals surface area contributed by atoms with Crippen molar-refractivity contribution in [2.75, 3.05) is 47.4 Å². The van der Waals surface area contributed by atoms with Gasteiger partial charge in [-0.15, -0.1) is 0 Å². The molecule has 1 heterocycles. The zero-order valence-electron chi connectivity index (χ0n) is 11.8. The summed E-state index contributed by atoms with van der Waals surface area (Å²) in [5.74, 6) is -0.379. The summed E-state index contributed by atoms with van der Waals surface area (Å²) in [6, 6.07) is 0. The van der Waals surface area contributed by atoms with E-state index in [9.17, 15) is 13.2 Å². The molecule has 1 atom stereocenters. The normalized spacial score (nSPS) is 21.6. The van der Waals surface area contributed by atoms with Crippen LogP contribution in [0.4, 0.5) is 0 Å². The Balaban J connectivity index is 2.57. The molecule has 1 saturated heterocycles. The fourth-order valence-electron chi connectivity index (χ4n) is 2.02. The van der Waals surface area contributed by atoms with Gasteiger partial charge in [0, 0.05) is 40.8 Å². The van der Waals surface area contributed by atoms with Gasteiger partial charge in [0.2, 0.25) is 5.91 Å². The van der Waals surface area contributed by atoms with Crippen LogP contribution in [0.2, 0.25) is 0 Å². The van der Waals surface area contributed by atoms with E-state index in [2.05, 4.69) is 5.32 Å². The molecule has 1 fully saturated rings. The fourth-order valence-corrected chi connectivity index (χ4v) is 3.21. The summed E-state index contributed by atoms with van der Waals surface area (Å²) in [5.41, 5.74) is 0. The second-order valence-corrected chi connectivity index (χ2v) is 6.91. The summed E-state index contributed by atoms with van der Waals surface area (Å²) in [5, 5.41) is 2.76. The maximum Gasteiger partial charge on any atom is 0.281 e. The van der Waals surface area contributed by atoms with Gasteiger partial charge in [0.1, 0.15) is 0 Å². The number of nitrogens with one attached hydrogen (secondary N) is 1. The van der Waals surface area contributed by atoms with Crippen LogP contribution in [0.15, 0.2) is 0 Å². The molecule has 0 bridgehead atoms. The molecule has 19 heavy (non-hydrogen) atoms. The van der Waals surface area contributed by atoms with E-state index in [-0.39, 0.29) is 18.4 Å². The zero-order valence-corrected chi connectivity index (χ0v) is 12.6. The fraction of sp³-hybridized carbons (Fsp3) is 0.909. The summed E-state index contributed by atoms with van der Waals surface area (Å²) in [4.78, 5) is 11.9. The highest BCUT2D eigenvalue weighted by atomic mass is 32.2. The lowest BCUT2D eigenvalue weighted by atomic mass is 9.99. The lowest BCUT2D eigenvalue weighted by Crippen LogP contribution is -2.49. The maximum atomic E-state index is 12.0. The van der Waals surface area contributed by atoms with Crippen LogP contribution in [0.25, 0.3) is 0 Å². The molecule has 1 aliphatic heterocycles. The number of carbonyl (C=O) groups excluding carboxylic acids is 1. The Hall–Kier alpha value is -0.700. The van der Waals surface area contributed by atoms with Crippen molar-refractivity contribution in [1.29, 1.82) is 0 Å². The minimum atomic E-state index is -3.43. The Bertz CT molecular complexity index is 397. The van der Waals surface area contributed by atoms with Gasteiger partial charge in [-0.2, -0.15) is 17.0 Å². The molecule has 0 aliphatic carbocycles. The van der Waals surface area contributed by atoms with Crippen LogP contribution in [-0.4, -0.2) is 70.4 Å². The Labute approximate surface area is 115 Å². The number of hydrogen-bond acceptors (Lipinski definition) is 4. The predicted octanol–water partition coefficient (Wildman–Crippen LogP) is -0.733. The Morgan fingerprint density at radius 1 is 1.47 bits per heavy atom. The Morgan fingerprint density at radius 2 is 2.16 bits per heavy atom. The molecule has 112 valence electrons. The molecule has 0 aromatic rings. The number of amides is 1. The van der Waals surface area contributed by atoms with E-state index >= 15 is 0 Å². The van der Waals surface area contributed by atoms with E-state index in [0.717, 1.165) is 6.42 Å². The van der Waals surface area contributed by atoms with Gasteiger partial charge >= 0.3 is 0 Å². The average Bonchev–Trinajstić information content (AvgIpc) is 2.39. The van der Waals surface area contributed by atoms with Crippen molar-refractivity contribution in [3.05, 3.63) is 0 Å². The third kappa shape index (κ3) is 4.41. The van der Waals surface area contributed by atoms with Crippen molar-refractivity contribution < 1.29 is 17.9 Å². The average molecular weight is 293 g/mol. The third-order valence-electron chi connectivity index (χ3n) is 3.15. The Morgan fingerprint density at radius 3 is 2.74 bits per heavy atom. The lowest BCUT2D eigenvalue weighted by molar-refractivity contribution is -0.126. The van der Waals surface area contributed by atoms with Crippen LogP contribution in [0.3, 0.4) is 0 Å². The second kappa shape index (κ2) is 7.18. The van der Waals surface area contributed by atoms with Crippen molar-refractivity contribution in [2.24, 2.45) is 5.92 Å². The highest BCUT2D eigenvalue weighted by Crippen LogP contribution is 2.20. The number of nitrogens with zero attached hydrogens (tertiary/aromatic N) is 2. The monoisotopic (exact) mass is 293 g/mol. The third-order valence-corrected chi connectivity index (χ3v) is 5.06. The first kappa shape index (κ1) is 16.4. The van der Waals surface area contributed by atoms with E-state index in [1.807, 2.05) is 0 Å². The van der Waals surface area contributed by atoms with Crippen LogP contribution in [0.1, 0.15) is 12.8 Å². The van der Waals surface area contributed by atoms with Crippen molar-refractivity contribution in [3.63, 3.8) is 0 Å². The summed E-state index contributed by atoms with van der Waals surface area (Å²) < 4.78 is 31.4. The van der Waals surface area contributed by atoms with E-state index < -0.39 is 10.2 Å². The van der Waals surface area contributed by atoms with E-state index in [1.54, 1.807) is 7.11 Å². The summed E-state index contributed by atoms with van der Waals surface area (Å²) in [6.07, 6.45) is 1.42. The molecule has 1 aliphatic rings. The summed E-state index contributed by atoms with van der Waals surface area (Å²) in [7, 11) is 1.13. The minimum absolute atomic E-state index is 0.101. The van der Waals surface area contributed by atoms with Gasteiger partial charge in [-0.1, -0.05) is 0 Å². The van der Waals surface area contributed by atoms with E-state index in [1.165, 1.54) is 22.7 Å². The highest BCUT2D eigenvalue weighted by Gasteiger charge is 2.33. The van der Waals surface area contributed by atoms with Gasteiger partial charge < -0.3 is 10.1 Å². The lowest BCUT2D eigenvalue weighted by Gasteiger charge is -2.32. The number of rotatable bonds is 6. The topological polar surface area (TPSA) is 79.0 Å². The Kier molecular flexibility index (Phi) is 6.18. The largest absolute Gasteiger partial charge is 0.383 e. The molecule has 0 aromatic heterocycles. The molecule has 8 heteroatoms. The van der Waals surface area contributed by atoms with Crippen LogP contribution >= 0.6 is 0 Å². The number of hydrogen-bond donors (Lipinski definition) is 1. The van der Waals surface area contributed by atoms with Gasteiger partial charge in [0.05, 0.1) is 12.5 Å². The van der Waals surface area contributed by atoms with Crippen LogP contribution < -0.4 is 5.32 Å². The predicted molar refractivity (Wildman–Crippen MR) is 71.8 cm³/mol. The highest BCUT2D eigenvalue weighted by molar-refractivity contribution is 7.86. The molecule has 0 radical (unpaired) electrons. The molecule has 7 nitrogen and oxygen atoms in total. The standard InChI is InChI=1S/C11H23N3O4S/c1-13(2)19(16,17)14-7-4-5-10(9-14)11(15)12-6-8-18-3/h10H,4-9H2,1-3H3,(H,12,15)/t10-/m0/s1. The van der Waals surface area contributed by atoms with Gasteiger partial charge in [-0.25, -0.2) is 0 Å². The quantitative estimate of drug-likeness (QED) is 0.655. The van der Waals surface area contributed by atoms with E-state index in [0.29, 0.717) is 26.1 Å². The molecular formula is C11H23N3O4S. The van der Waals surface area contributed by atoms with Crippen molar-refractivity contribution in [3.8, 4) is 0 Å². The maximum absolute atomic E-state index is 12.0. The number of methoxy groups -OCH3 is 1. The van der Waals surface area contributed by atoms with Gasteiger partial charge in [0.15, 0.2) is 0 Å². The number of carbonyl (C=O) groups is 1. The van der Waals surface area contributed by atoms with Crippen molar-refractivity contribution in [1.82, 2.24) is 13.9 Å². The molecule has 0 spiro atoms. The smallest absolute Gasteiger partial charge is 0.281 e. The molecule has 0 unspecified atom stereocenters. The number of piperidine rings is 1. The van der Waals surface area contributed by atoms with E-state index in [4.69, 9.17) is 4.74 Å². The zero-order chi connectivity index (χ0) is 14.5. The van der Waals surface area contributed by atoms with Gasteiger partial charge in [-0.3, -0.25) is 4.79 Å². The van der Waals surface area contributed by atoms with Gasteiger partial charge in [0.25, 0.3) is 10.2 Å². The SMILES string of the molecule is COCCNC(=O)[C@H]1CCCN(S(=O)(=O)N(C)C)C1. The molecule has 0 saturated carbocycles. The first-order chi connectivity index (χ1) is 8.89. The van der Waals surface area contributed by atoms with Crippen LogP contribution in [0, 0.1) is 5.92 Å². The summed E-state index contributed by atoms with van der Waals surface area (Å²) >= 11 is 0. The molecule has 1 amide bonds. The minimum Gasteiger partial charge on any atom is -0.383 e. The van der Waals surface area contributed by atoms with Crippen LogP contribution in [-0.2, 0) is 19.7 Å². The number of ether oxygens (including phenoxy) is 1. The summed E-state index contributed by atoms with van der Waals surface area (Å²) in [6.45, 7) is 1.63. The molecule has 1 N–H and O–H groups in total. The molecule has 1 rings (SSSR count).